The van der Waals surface area contributed by atoms with Crippen LogP contribution >= 0.6 is 0 Å². The summed E-state index contributed by atoms with van der Waals surface area (Å²) in [5.41, 5.74) is 6.84. The molecule has 0 N–H and O–H groups in total. The highest BCUT2D eigenvalue weighted by atomic mass is 15.2. The maximum absolute atomic E-state index is 2.55. The molecule has 0 heterocycles. The van der Waals surface area contributed by atoms with Gasteiger partial charge >= 0.3 is 0 Å². The molecule has 0 saturated carbocycles. The Hall–Kier alpha value is -6.90. The maximum Gasteiger partial charge on any atom is 0.0788 e. The smallest absolute Gasteiger partial charge is 0.0788 e. The molecule has 0 aliphatic heterocycles. The summed E-state index contributed by atoms with van der Waals surface area (Å²) in [5.74, 6) is 0. The van der Waals surface area contributed by atoms with E-state index in [1.165, 1.54) is 64.0 Å². The van der Waals surface area contributed by atoms with Crippen LogP contribution in [-0.2, 0) is 0 Å². The van der Waals surface area contributed by atoms with Crippen molar-refractivity contribution in [2.45, 2.75) is 25.7 Å². The molecule has 266 valence electrons. The molecule has 0 saturated heterocycles. The van der Waals surface area contributed by atoms with Crippen LogP contribution in [0.3, 0.4) is 0 Å². The van der Waals surface area contributed by atoms with Gasteiger partial charge in [-0.3, -0.25) is 0 Å². The second-order valence-corrected chi connectivity index (χ2v) is 15.0. The topological polar surface area (TPSA) is 6.48 Å². The summed E-state index contributed by atoms with van der Waals surface area (Å²) >= 11 is 0. The van der Waals surface area contributed by atoms with Gasteiger partial charge in [0.05, 0.1) is 22.7 Å². The number of hydrogen-bond donors (Lipinski definition) is 0. The van der Waals surface area contributed by atoms with Gasteiger partial charge in [0, 0.05) is 32.9 Å². The van der Waals surface area contributed by atoms with Gasteiger partial charge < -0.3 is 9.80 Å². The number of hydrogen-bond acceptors (Lipinski definition) is 2. The van der Waals surface area contributed by atoms with E-state index in [1.54, 1.807) is 0 Å². The number of benzene rings is 9. The third-order valence-electron chi connectivity index (χ3n) is 11.8. The molecule has 0 fully saturated rings. The van der Waals surface area contributed by atoms with E-state index in [1.807, 2.05) is 0 Å². The van der Waals surface area contributed by atoms with Gasteiger partial charge in [-0.2, -0.15) is 0 Å². The number of fused-ring (bicyclic) bond motifs is 9. The zero-order valence-electron chi connectivity index (χ0n) is 31.2. The Kier molecular flexibility index (Phi) is 7.81. The highest BCUT2D eigenvalue weighted by Gasteiger charge is 2.30. The second-order valence-electron chi connectivity index (χ2n) is 15.0. The fourth-order valence-electron chi connectivity index (χ4n) is 9.38. The van der Waals surface area contributed by atoms with Crippen molar-refractivity contribution >= 4 is 102 Å². The van der Waals surface area contributed by atoms with E-state index < -0.39 is 0 Å². The summed E-state index contributed by atoms with van der Waals surface area (Å²) in [5, 5.41) is 15.3. The van der Waals surface area contributed by atoms with Crippen LogP contribution in [0.25, 0.3) is 67.4 Å². The summed E-state index contributed by atoms with van der Waals surface area (Å²) in [6.45, 7) is 0. The summed E-state index contributed by atoms with van der Waals surface area (Å²) in [6, 6.07) is 62.7. The Morgan fingerprint density at radius 3 is 1.16 bits per heavy atom. The van der Waals surface area contributed by atoms with Crippen molar-refractivity contribution in [3.8, 4) is 0 Å². The van der Waals surface area contributed by atoms with E-state index >= 15 is 0 Å². The van der Waals surface area contributed by atoms with Crippen molar-refractivity contribution in [1.29, 1.82) is 0 Å². The van der Waals surface area contributed by atoms with Crippen LogP contribution in [0, 0.1) is 0 Å². The van der Waals surface area contributed by atoms with E-state index in [2.05, 4.69) is 204 Å². The molecular formula is C54H40N2. The van der Waals surface area contributed by atoms with Crippen molar-refractivity contribution in [3.63, 3.8) is 0 Å². The fourth-order valence-corrected chi connectivity index (χ4v) is 9.38. The molecule has 0 unspecified atom stereocenters. The molecule has 0 radical (unpaired) electrons. The standard InChI is InChI=1S/C54H40N2/c1-3-23-41(24-4-1)55(49-31-15-21-37-17-7-11-27-43(37)49)53-47-35-33-39-19-9-13-29-45(39)51(47)52-46-30-14-10-20-40(46)34-36-48(52)54(53)56(42-25-5-2-6-26-42)50-32-16-22-38-18-8-12-28-44(38)50/h1-8,11-12,15-36H,9-10,13-14H2. The van der Waals surface area contributed by atoms with Gasteiger partial charge in [-0.1, -0.05) is 158 Å². The average Bonchev–Trinajstić information content (AvgIpc) is 3.27. The zero-order valence-corrected chi connectivity index (χ0v) is 31.2. The lowest BCUT2D eigenvalue weighted by molar-refractivity contribution is 1.12. The normalized spacial score (nSPS) is 13.3. The molecule has 11 rings (SSSR count). The molecule has 2 aliphatic rings. The number of anilines is 6. The molecule has 2 aliphatic carbocycles. The number of nitrogens with zero attached hydrogens (tertiary/aromatic N) is 2. The summed E-state index contributed by atoms with van der Waals surface area (Å²) in [7, 11) is 0. The largest absolute Gasteiger partial charge is 0.307 e. The maximum atomic E-state index is 2.55. The molecule has 0 spiro atoms. The van der Waals surface area contributed by atoms with Gasteiger partial charge in [0.1, 0.15) is 0 Å². The van der Waals surface area contributed by atoms with Crippen LogP contribution in [0.1, 0.15) is 25.7 Å². The van der Waals surface area contributed by atoms with E-state index in [0.29, 0.717) is 0 Å². The van der Waals surface area contributed by atoms with Gasteiger partial charge in [0.25, 0.3) is 0 Å². The Morgan fingerprint density at radius 2 is 0.696 bits per heavy atom. The molecule has 2 nitrogen and oxygen atoms in total. The first-order chi connectivity index (χ1) is 27.8. The third kappa shape index (κ3) is 5.17. The molecular weight excluding hydrogens is 677 g/mol. The highest BCUT2D eigenvalue weighted by Crippen LogP contribution is 2.53. The van der Waals surface area contributed by atoms with Crippen molar-refractivity contribution in [2.75, 3.05) is 9.80 Å². The number of rotatable bonds is 6. The SMILES string of the molecule is C1=c2ccc3c(N(c4ccccc4)c4cccc5ccccc45)c(N(c4ccccc4)c4cccc5ccccc45)c4ccc5c(c4c3c2=CCC1)=CCCC=5. The van der Waals surface area contributed by atoms with Crippen molar-refractivity contribution in [3.05, 3.63) is 191 Å². The third-order valence-corrected chi connectivity index (χ3v) is 11.8. The number of para-hydroxylation sites is 2. The lowest BCUT2D eigenvalue weighted by Gasteiger charge is -2.36. The first kappa shape index (κ1) is 32.5. The van der Waals surface area contributed by atoms with E-state index in [-0.39, 0.29) is 0 Å². The summed E-state index contributed by atoms with van der Waals surface area (Å²) < 4.78 is 0. The highest BCUT2D eigenvalue weighted by molar-refractivity contribution is 6.25. The first-order valence-corrected chi connectivity index (χ1v) is 19.9. The Balaban J connectivity index is 1.43. The van der Waals surface area contributed by atoms with E-state index in [9.17, 15) is 0 Å². The Labute approximate surface area is 326 Å². The molecule has 2 heteroatoms. The lowest BCUT2D eigenvalue weighted by Crippen LogP contribution is -2.32. The van der Waals surface area contributed by atoms with Crippen molar-refractivity contribution < 1.29 is 0 Å². The minimum atomic E-state index is 1.04. The minimum Gasteiger partial charge on any atom is -0.307 e. The predicted molar refractivity (Wildman–Crippen MR) is 241 cm³/mol. The molecule has 9 aromatic rings. The van der Waals surface area contributed by atoms with Gasteiger partial charge in [-0.05, 0) is 105 Å². The van der Waals surface area contributed by atoms with E-state index in [0.717, 1.165) is 59.8 Å². The van der Waals surface area contributed by atoms with Crippen LogP contribution in [0.15, 0.2) is 170 Å². The van der Waals surface area contributed by atoms with Crippen LogP contribution in [0.2, 0.25) is 0 Å². The fraction of sp³-hybridized carbons (Fsp3) is 0.0741. The van der Waals surface area contributed by atoms with Crippen LogP contribution in [0.5, 0.6) is 0 Å². The minimum absolute atomic E-state index is 1.04. The molecule has 0 bridgehead atoms. The van der Waals surface area contributed by atoms with Crippen molar-refractivity contribution in [1.82, 2.24) is 0 Å². The summed E-state index contributed by atoms with van der Waals surface area (Å²) in [4.78, 5) is 5.10. The molecule has 56 heavy (non-hydrogen) atoms. The first-order valence-electron chi connectivity index (χ1n) is 19.9. The molecule has 0 amide bonds. The summed E-state index contributed by atoms with van der Waals surface area (Å²) in [6.07, 6.45) is 14.1. The Morgan fingerprint density at radius 1 is 0.304 bits per heavy atom. The van der Waals surface area contributed by atoms with Gasteiger partial charge in [-0.15, -0.1) is 0 Å². The zero-order chi connectivity index (χ0) is 37.0. The van der Waals surface area contributed by atoms with Gasteiger partial charge in [-0.25, -0.2) is 0 Å². The van der Waals surface area contributed by atoms with Crippen LogP contribution < -0.4 is 30.7 Å². The average molecular weight is 717 g/mol. The van der Waals surface area contributed by atoms with Gasteiger partial charge in [0.2, 0.25) is 0 Å². The van der Waals surface area contributed by atoms with Crippen LogP contribution in [-0.4, -0.2) is 0 Å². The van der Waals surface area contributed by atoms with Gasteiger partial charge in [0.15, 0.2) is 0 Å². The predicted octanol–water partition coefficient (Wildman–Crippen LogP) is 11.9. The Bertz CT molecular complexity index is 3020. The quantitative estimate of drug-likeness (QED) is 0.125. The monoisotopic (exact) mass is 716 g/mol. The lowest BCUT2D eigenvalue weighted by atomic mass is 9.89. The molecule has 9 aromatic carbocycles. The molecule has 0 atom stereocenters. The van der Waals surface area contributed by atoms with Crippen molar-refractivity contribution in [2.24, 2.45) is 0 Å². The molecule has 0 aromatic heterocycles. The van der Waals surface area contributed by atoms with Crippen LogP contribution in [0.4, 0.5) is 34.1 Å². The van der Waals surface area contributed by atoms with E-state index in [4.69, 9.17) is 0 Å². The second kappa shape index (κ2) is 13.4.